The molecule has 0 bridgehead atoms. The van der Waals surface area contributed by atoms with Gasteiger partial charge in [-0.3, -0.25) is 14.6 Å². The summed E-state index contributed by atoms with van der Waals surface area (Å²) in [5.41, 5.74) is 2.92. The molecule has 0 N–H and O–H groups in total. The molecular formula is C19H23N6O2+. The van der Waals surface area contributed by atoms with Crippen molar-refractivity contribution in [3.05, 3.63) is 35.4 Å². The highest BCUT2D eigenvalue weighted by Crippen LogP contribution is 2.25. The minimum Gasteiger partial charge on any atom is -0.270 e. The second-order valence-corrected chi connectivity index (χ2v) is 7.28. The summed E-state index contributed by atoms with van der Waals surface area (Å²) < 4.78 is 1.95. The van der Waals surface area contributed by atoms with Gasteiger partial charge in [-0.25, -0.2) is 9.37 Å². The molecule has 2 unspecified atom stereocenters. The fourth-order valence-electron chi connectivity index (χ4n) is 3.81. The Morgan fingerprint density at radius 2 is 1.93 bits per heavy atom. The van der Waals surface area contributed by atoms with Gasteiger partial charge in [0, 0.05) is 7.05 Å². The van der Waals surface area contributed by atoms with E-state index in [-0.39, 0.29) is 24.5 Å². The molecule has 2 atom stereocenters. The van der Waals surface area contributed by atoms with Crippen molar-refractivity contribution in [3.63, 3.8) is 0 Å². The number of hydrogen-bond acceptors (Lipinski definition) is 5. The first kappa shape index (κ1) is 17.4. The quantitative estimate of drug-likeness (QED) is 0.739. The topological polar surface area (TPSA) is 71.6 Å². The van der Waals surface area contributed by atoms with Crippen LogP contribution < -0.4 is 0 Å². The van der Waals surface area contributed by atoms with Crippen molar-refractivity contribution in [1.29, 1.82) is 0 Å². The number of amidine groups is 1. The summed E-state index contributed by atoms with van der Waals surface area (Å²) in [6.45, 7) is 6.17. The van der Waals surface area contributed by atoms with Gasteiger partial charge < -0.3 is 0 Å². The monoisotopic (exact) mass is 367 g/mol. The van der Waals surface area contributed by atoms with Crippen LogP contribution in [0.4, 0.5) is 4.79 Å². The molecule has 1 saturated heterocycles. The highest BCUT2D eigenvalue weighted by Gasteiger charge is 2.55. The van der Waals surface area contributed by atoms with Crippen LogP contribution in [0.15, 0.2) is 34.4 Å². The number of nitrogens with zero attached hydrogens (tertiary/aromatic N) is 6. The lowest BCUT2D eigenvalue weighted by Crippen LogP contribution is -2.64. The molecule has 0 radical (unpaired) electrons. The maximum absolute atomic E-state index is 13.4. The highest BCUT2D eigenvalue weighted by molar-refractivity contribution is 6.23. The zero-order chi connectivity index (χ0) is 19.5. The predicted octanol–water partition coefficient (Wildman–Crippen LogP) is 1.25. The number of fused-ring (bicyclic) bond motifs is 2. The molecule has 0 aromatic heterocycles. The Hall–Kier alpha value is -3.03. The molecule has 3 amide bonds. The molecular weight excluding hydrogens is 344 g/mol. The number of urea groups is 1. The van der Waals surface area contributed by atoms with Gasteiger partial charge in [-0.2, -0.15) is 0 Å². The second-order valence-electron chi connectivity index (χ2n) is 7.28. The number of imide groups is 1. The number of aryl methyl sites for hydroxylation is 1. The van der Waals surface area contributed by atoms with Gasteiger partial charge in [0.05, 0.1) is 19.3 Å². The van der Waals surface area contributed by atoms with Gasteiger partial charge in [-0.05, 0) is 26.3 Å². The Morgan fingerprint density at radius 3 is 2.63 bits per heavy atom. The number of likely N-dealkylation sites (N-methyl/N-ethyl adjacent to an activating group) is 1. The molecule has 8 heteroatoms. The number of hydrogen-bond donors (Lipinski definition) is 0. The molecule has 1 aromatic rings. The Morgan fingerprint density at radius 1 is 1.19 bits per heavy atom. The molecule has 0 spiro atoms. The van der Waals surface area contributed by atoms with E-state index >= 15 is 0 Å². The van der Waals surface area contributed by atoms with Crippen LogP contribution >= 0.6 is 0 Å². The molecule has 140 valence electrons. The van der Waals surface area contributed by atoms with E-state index < -0.39 is 6.04 Å². The molecule has 4 rings (SSSR count). The van der Waals surface area contributed by atoms with Gasteiger partial charge in [0.1, 0.15) is 6.04 Å². The summed E-state index contributed by atoms with van der Waals surface area (Å²) in [5.74, 6) is 0.811. The van der Waals surface area contributed by atoms with E-state index in [0.29, 0.717) is 11.8 Å². The van der Waals surface area contributed by atoms with Gasteiger partial charge in [0.25, 0.3) is 5.91 Å². The third-order valence-corrected chi connectivity index (χ3v) is 5.37. The molecule has 27 heavy (non-hydrogen) atoms. The van der Waals surface area contributed by atoms with E-state index in [0.717, 1.165) is 16.8 Å². The number of amides is 3. The van der Waals surface area contributed by atoms with Crippen LogP contribution in [-0.4, -0.2) is 75.0 Å². The van der Waals surface area contributed by atoms with Crippen molar-refractivity contribution >= 4 is 29.4 Å². The van der Waals surface area contributed by atoms with Crippen molar-refractivity contribution in [1.82, 2.24) is 14.8 Å². The van der Waals surface area contributed by atoms with Gasteiger partial charge in [-0.1, -0.05) is 34.8 Å². The summed E-state index contributed by atoms with van der Waals surface area (Å²) in [7, 11) is 3.47. The van der Waals surface area contributed by atoms with Crippen LogP contribution in [0.2, 0.25) is 0 Å². The van der Waals surface area contributed by atoms with E-state index in [2.05, 4.69) is 10.1 Å². The van der Waals surface area contributed by atoms with Gasteiger partial charge >= 0.3 is 12.0 Å². The third kappa shape index (κ3) is 2.55. The summed E-state index contributed by atoms with van der Waals surface area (Å²) in [6, 6.07) is 6.80. The van der Waals surface area contributed by atoms with Crippen LogP contribution in [-0.2, 0) is 11.3 Å². The zero-order valence-electron chi connectivity index (χ0n) is 16.2. The molecule has 3 aliphatic rings. The smallest absolute Gasteiger partial charge is 0.270 e. The first-order valence-corrected chi connectivity index (χ1v) is 8.97. The Labute approximate surface area is 158 Å². The Balaban J connectivity index is 1.72. The van der Waals surface area contributed by atoms with E-state index in [1.807, 2.05) is 49.6 Å². The van der Waals surface area contributed by atoms with Crippen LogP contribution in [0.1, 0.15) is 25.0 Å². The third-order valence-electron chi connectivity index (χ3n) is 5.37. The first-order chi connectivity index (χ1) is 12.8. The molecule has 3 aliphatic heterocycles. The van der Waals surface area contributed by atoms with E-state index in [4.69, 9.17) is 0 Å². The summed E-state index contributed by atoms with van der Waals surface area (Å²) >= 11 is 0. The van der Waals surface area contributed by atoms with Crippen molar-refractivity contribution in [2.45, 2.75) is 39.4 Å². The number of aliphatic imine (C=N–C) groups is 1. The Bertz CT molecular complexity index is 947. The molecule has 3 heterocycles. The molecule has 0 aliphatic carbocycles. The molecule has 0 saturated carbocycles. The molecule has 1 aromatic carbocycles. The number of benzene rings is 1. The van der Waals surface area contributed by atoms with Crippen LogP contribution in [0.3, 0.4) is 0 Å². The SMILES string of the molecule is CC1=NN(C)C2=[N+](C1C)C1C(=O)N(Cc3cccc(C)c3)C(=O)N(C)C1=N2. The maximum atomic E-state index is 13.4. The maximum Gasteiger partial charge on any atom is 0.416 e. The standard InChI is InChI=1S/C19H23N6O2/c1-11-7-6-8-14(9-11)10-24-17(26)15-16(22(4)19(24)27)20-18-23(5)21-12(2)13(3)25(15)18/h6-9,13,15H,10H2,1-5H3/q+1. The average Bonchev–Trinajstić information content (AvgIpc) is 3.03. The lowest BCUT2D eigenvalue weighted by Gasteiger charge is -2.35. The summed E-state index contributed by atoms with van der Waals surface area (Å²) in [6.07, 6.45) is 0. The number of rotatable bonds is 2. The van der Waals surface area contributed by atoms with Gasteiger partial charge in [0.2, 0.25) is 11.9 Å². The molecule has 8 nitrogen and oxygen atoms in total. The normalized spacial score (nSPS) is 24.9. The van der Waals surface area contributed by atoms with Crippen molar-refractivity contribution in [2.75, 3.05) is 14.1 Å². The van der Waals surface area contributed by atoms with E-state index in [9.17, 15) is 9.59 Å². The lowest BCUT2D eigenvalue weighted by molar-refractivity contribution is -0.558. The fourth-order valence-corrected chi connectivity index (χ4v) is 3.81. The number of hydrazone groups is 1. The van der Waals surface area contributed by atoms with Crippen molar-refractivity contribution < 1.29 is 14.2 Å². The van der Waals surface area contributed by atoms with Crippen LogP contribution in [0.25, 0.3) is 0 Å². The average molecular weight is 367 g/mol. The van der Waals surface area contributed by atoms with Gasteiger partial charge in [0.15, 0.2) is 0 Å². The summed E-state index contributed by atoms with van der Waals surface area (Å²) in [5, 5.41) is 6.13. The fraction of sp³-hybridized carbons (Fsp3) is 0.421. The van der Waals surface area contributed by atoms with E-state index in [1.165, 1.54) is 9.80 Å². The van der Waals surface area contributed by atoms with Gasteiger partial charge in [-0.15, -0.1) is 10.1 Å². The minimum absolute atomic E-state index is 0.0752. The lowest BCUT2D eigenvalue weighted by atomic mass is 10.1. The summed E-state index contributed by atoms with van der Waals surface area (Å²) in [4.78, 5) is 33.6. The van der Waals surface area contributed by atoms with Crippen LogP contribution in [0.5, 0.6) is 0 Å². The second kappa shape index (κ2) is 6.00. The minimum atomic E-state index is -0.615. The predicted molar refractivity (Wildman–Crippen MR) is 102 cm³/mol. The Kier molecular flexibility index (Phi) is 3.87. The highest BCUT2D eigenvalue weighted by atomic mass is 16.2. The zero-order valence-corrected chi connectivity index (χ0v) is 16.2. The molecule has 1 fully saturated rings. The van der Waals surface area contributed by atoms with Crippen molar-refractivity contribution in [2.24, 2.45) is 10.1 Å². The van der Waals surface area contributed by atoms with Crippen molar-refractivity contribution in [3.8, 4) is 0 Å². The number of carbonyl (C=O) groups excluding carboxylic acids is 2. The first-order valence-electron chi connectivity index (χ1n) is 8.97. The van der Waals surface area contributed by atoms with E-state index in [1.54, 1.807) is 19.1 Å². The largest absolute Gasteiger partial charge is 0.416 e. The number of carbonyl (C=O) groups is 2. The van der Waals surface area contributed by atoms with Crippen LogP contribution in [0, 0.1) is 6.92 Å². The number of guanidine groups is 1.